The second-order valence-corrected chi connectivity index (χ2v) is 6.50. The average Bonchev–Trinajstić information content (AvgIpc) is 3.30. The fourth-order valence-corrected chi connectivity index (χ4v) is 3.25. The lowest BCUT2D eigenvalue weighted by Crippen LogP contribution is -2.38. The number of nitrogens with one attached hydrogen (secondary N) is 1. The van der Waals surface area contributed by atoms with Crippen molar-refractivity contribution in [2.45, 2.75) is 31.5 Å². The Morgan fingerprint density at radius 3 is 2.92 bits per heavy atom. The molecule has 0 aliphatic carbocycles. The molecule has 0 radical (unpaired) electrons. The molecule has 1 aromatic carbocycles. The van der Waals surface area contributed by atoms with Gasteiger partial charge in [-0.05, 0) is 31.0 Å². The van der Waals surface area contributed by atoms with Gasteiger partial charge in [0.25, 0.3) is 5.95 Å². The standard InChI is InChI=1S/C20H23N3O3/c1-23-14-15(12-22-23)20-18(8-5-11-24-20)21-13-17-9-10-19(26-17)25-16-6-3-2-4-7-16/h2-4,6-7,9-10,12,14,18,20-21H,5,8,11,13H2,1H3/t18-,20+/m0/s1. The minimum atomic E-state index is 0.0208. The van der Waals surface area contributed by atoms with Gasteiger partial charge in [-0.25, -0.2) is 0 Å². The van der Waals surface area contributed by atoms with Gasteiger partial charge < -0.3 is 19.2 Å². The molecule has 4 rings (SSSR count). The molecular formula is C20H23N3O3. The molecule has 6 nitrogen and oxygen atoms in total. The summed E-state index contributed by atoms with van der Waals surface area (Å²) in [6.07, 6.45) is 6.03. The highest BCUT2D eigenvalue weighted by molar-refractivity contribution is 5.26. The van der Waals surface area contributed by atoms with Crippen LogP contribution in [0.5, 0.6) is 11.7 Å². The predicted molar refractivity (Wildman–Crippen MR) is 97.0 cm³/mol. The summed E-state index contributed by atoms with van der Waals surface area (Å²) < 4.78 is 19.3. The Kier molecular flexibility index (Phi) is 5.04. The summed E-state index contributed by atoms with van der Waals surface area (Å²) in [5, 5.41) is 7.82. The van der Waals surface area contributed by atoms with E-state index in [0.29, 0.717) is 12.5 Å². The van der Waals surface area contributed by atoms with Gasteiger partial charge in [0, 0.05) is 37.5 Å². The molecule has 3 aromatic rings. The zero-order chi connectivity index (χ0) is 17.8. The number of para-hydroxylation sites is 1. The molecule has 1 N–H and O–H groups in total. The minimum Gasteiger partial charge on any atom is -0.429 e. The van der Waals surface area contributed by atoms with E-state index in [1.165, 1.54) is 0 Å². The van der Waals surface area contributed by atoms with Gasteiger partial charge in [-0.1, -0.05) is 18.2 Å². The lowest BCUT2D eigenvalue weighted by Gasteiger charge is -2.31. The highest BCUT2D eigenvalue weighted by atomic mass is 16.6. The molecule has 1 aliphatic rings. The number of hydrogen-bond acceptors (Lipinski definition) is 5. The highest BCUT2D eigenvalue weighted by Crippen LogP contribution is 2.29. The molecule has 2 aromatic heterocycles. The first-order valence-corrected chi connectivity index (χ1v) is 8.93. The monoisotopic (exact) mass is 353 g/mol. The van der Waals surface area contributed by atoms with E-state index in [-0.39, 0.29) is 12.1 Å². The van der Waals surface area contributed by atoms with Crippen molar-refractivity contribution in [3.05, 3.63) is 66.2 Å². The number of hydrogen-bond donors (Lipinski definition) is 1. The zero-order valence-corrected chi connectivity index (χ0v) is 14.8. The summed E-state index contributed by atoms with van der Waals surface area (Å²) in [7, 11) is 1.92. The Hall–Kier alpha value is -2.57. The number of furan rings is 1. The normalized spacial score (nSPS) is 20.2. The summed E-state index contributed by atoms with van der Waals surface area (Å²) in [5.41, 5.74) is 1.11. The number of aryl methyl sites for hydroxylation is 1. The Morgan fingerprint density at radius 1 is 1.23 bits per heavy atom. The van der Waals surface area contributed by atoms with Crippen LogP contribution in [0.2, 0.25) is 0 Å². The van der Waals surface area contributed by atoms with E-state index in [0.717, 1.165) is 36.5 Å². The average molecular weight is 353 g/mol. The van der Waals surface area contributed by atoms with E-state index >= 15 is 0 Å². The third kappa shape index (κ3) is 3.98. The topological polar surface area (TPSA) is 61.5 Å². The first-order chi connectivity index (χ1) is 12.8. The Morgan fingerprint density at radius 2 is 2.12 bits per heavy atom. The van der Waals surface area contributed by atoms with E-state index in [1.807, 2.05) is 66.6 Å². The maximum Gasteiger partial charge on any atom is 0.290 e. The van der Waals surface area contributed by atoms with Crippen LogP contribution < -0.4 is 10.1 Å². The Bertz CT molecular complexity index is 828. The maximum absolute atomic E-state index is 5.99. The Balaban J connectivity index is 1.37. The third-order valence-corrected chi connectivity index (χ3v) is 4.51. The van der Waals surface area contributed by atoms with Crippen molar-refractivity contribution >= 4 is 0 Å². The van der Waals surface area contributed by atoms with Crippen LogP contribution in [0.15, 0.2) is 59.3 Å². The third-order valence-electron chi connectivity index (χ3n) is 4.51. The number of aromatic nitrogens is 2. The predicted octanol–water partition coefficient (Wildman–Crippen LogP) is 3.82. The van der Waals surface area contributed by atoms with Gasteiger partial charge in [0.15, 0.2) is 0 Å². The van der Waals surface area contributed by atoms with Gasteiger partial charge in [-0.3, -0.25) is 4.68 Å². The molecule has 0 saturated carbocycles. The molecule has 136 valence electrons. The number of benzene rings is 1. The SMILES string of the molecule is Cn1cc([C@H]2OCCC[C@@H]2NCc2ccc(Oc3ccccc3)o2)cn1. The molecule has 0 spiro atoms. The summed E-state index contributed by atoms with van der Waals surface area (Å²) in [4.78, 5) is 0. The molecule has 1 saturated heterocycles. The van der Waals surface area contributed by atoms with Gasteiger partial charge in [-0.2, -0.15) is 5.10 Å². The summed E-state index contributed by atoms with van der Waals surface area (Å²) in [5.74, 6) is 2.10. The van der Waals surface area contributed by atoms with Crippen molar-refractivity contribution in [3.8, 4) is 11.7 Å². The van der Waals surface area contributed by atoms with Crippen molar-refractivity contribution in [1.29, 1.82) is 0 Å². The van der Waals surface area contributed by atoms with Crippen molar-refractivity contribution in [2.75, 3.05) is 6.61 Å². The highest BCUT2D eigenvalue weighted by Gasteiger charge is 2.28. The number of ether oxygens (including phenoxy) is 2. The molecule has 26 heavy (non-hydrogen) atoms. The molecular weight excluding hydrogens is 330 g/mol. The first-order valence-electron chi connectivity index (χ1n) is 8.93. The van der Waals surface area contributed by atoms with Crippen LogP contribution in [0.25, 0.3) is 0 Å². The molecule has 1 aliphatic heterocycles. The van der Waals surface area contributed by atoms with Gasteiger partial charge in [-0.15, -0.1) is 0 Å². The molecule has 0 bridgehead atoms. The van der Waals surface area contributed by atoms with Crippen LogP contribution in [0, 0.1) is 0 Å². The fraction of sp³-hybridized carbons (Fsp3) is 0.350. The number of rotatable bonds is 6. The zero-order valence-electron chi connectivity index (χ0n) is 14.8. The summed E-state index contributed by atoms with van der Waals surface area (Å²) in [6, 6.07) is 13.6. The van der Waals surface area contributed by atoms with Crippen LogP contribution in [-0.2, 0) is 18.3 Å². The molecule has 0 amide bonds. The van der Waals surface area contributed by atoms with Crippen molar-refractivity contribution in [3.63, 3.8) is 0 Å². The lowest BCUT2D eigenvalue weighted by molar-refractivity contribution is -0.0116. The smallest absolute Gasteiger partial charge is 0.290 e. The van der Waals surface area contributed by atoms with E-state index < -0.39 is 0 Å². The van der Waals surface area contributed by atoms with Crippen LogP contribution >= 0.6 is 0 Å². The van der Waals surface area contributed by atoms with E-state index in [4.69, 9.17) is 13.9 Å². The summed E-state index contributed by atoms with van der Waals surface area (Å²) in [6.45, 7) is 1.41. The van der Waals surface area contributed by atoms with Gasteiger partial charge in [0.05, 0.1) is 12.7 Å². The van der Waals surface area contributed by atoms with E-state index in [2.05, 4.69) is 10.4 Å². The second-order valence-electron chi connectivity index (χ2n) is 6.50. The van der Waals surface area contributed by atoms with Crippen LogP contribution in [0.3, 0.4) is 0 Å². The number of nitrogens with zero attached hydrogens (tertiary/aromatic N) is 2. The molecule has 1 fully saturated rings. The van der Waals surface area contributed by atoms with E-state index in [9.17, 15) is 0 Å². The molecule has 2 atom stereocenters. The fourth-order valence-electron chi connectivity index (χ4n) is 3.25. The van der Waals surface area contributed by atoms with Gasteiger partial charge in [0.2, 0.25) is 0 Å². The van der Waals surface area contributed by atoms with Crippen molar-refractivity contribution in [2.24, 2.45) is 7.05 Å². The van der Waals surface area contributed by atoms with Gasteiger partial charge in [0.1, 0.15) is 17.6 Å². The molecule has 3 heterocycles. The van der Waals surface area contributed by atoms with Crippen LogP contribution in [0.4, 0.5) is 0 Å². The van der Waals surface area contributed by atoms with Crippen LogP contribution in [-0.4, -0.2) is 22.4 Å². The lowest BCUT2D eigenvalue weighted by atomic mass is 9.98. The quantitative estimate of drug-likeness (QED) is 0.730. The largest absolute Gasteiger partial charge is 0.429 e. The second kappa shape index (κ2) is 7.76. The molecule has 6 heteroatoms. The first kappa shape index (κ1) is 16.9. The van der Waals surface area contributed by atoms with Crippen molar-refractivity contribution < 1.29 is 13.9 Å². The summed E-state index contributed by atoms with van der Waals surface area (Å²) >= 11 is 0. The minimum absolute atomic E-state index is 0.0208. The van der Waals surface area contributed by atoms with E-state index in [1.54, 1.807) is 0 Å². The molecule has 0 unspecified atom stereocenters. The Labute approximate surface area is 152 Å². The maximum atomic E-state index is 5.99. The van der Waals surface area contributed by atoms with Crippen LogP contribution in [0.1, 0.15) is 30.3 Å². The van der Waals surface area contributed by atoms with Crippen molar-refractivity contribution in [1.82, 2.24) is 15.1 Å². The van der Waals surface area contributed by atoms with Gasteiger partial charge >= 0.3 is 0 Å².